The minimum atomic E-state index is -0.622. The number of hydrogen-bond donors (Lipinski definition) is 2. The quantitative estimate of drug-likeness (QED) is 0.447. The summed E-state index contributed by atoms with van der Waals surface area (Å²) in [6.45, 7) is 13.9. The maximum Gasteiger partial charge on any atom is 0.119 e. The first-order valence-corrected chi connectivity index (χ1v) is 13.3. The van der Waals surface area contributed by atoms with Gasteiger partial charge in [0.05, 0.1) is 18.8 Å². The van der Waals surface area contributed by atoms with Crippen LogP contribution in [-0.2, 0) is 0 Å². The fraction of sp³-hybridized carbons (Fsp3) is 0.613. The van der Waals surface area contributed by atoms with Crippen LogP contribution in [-0.4, -0.2) is 29.0 Å². The highest BCUT2D eigenvalue weighted by Crippen LogP contribution is 2.59. The number of benzene rings is 1. The average Bonchev–Trinajstić information content (AvgIpc) is 3.17. The molecule has 34 heavy (non-hydrogen) atoms. The van der Waals surface area contributed by atoms with Crippen LogP contribution in [0.4, 0.5) is 0 Å². The second-order valence-electron chi connectivity index (χ2n) is 11.7. The molecular formula is C31H44O3. The van der Waals surface area contributed by atoms with Crippen molar-refractivity contribution in [1.29, 1.82) is 0 Å². The van der Waals surface area contributed by atoms with Crippen LogP contribution in [0.5, 0.6) is 5.75 Å². The van der Waals surface area contributed by atoms with Gasteiger partial charge in [0.1, 0.15) is 5.75 Å². The van der Waals surface area contributed by atoms with E-state index < -0.39 is 12.2 Å². The Labute approximate surface area is 206 Å². The molecule has 0 bridgehead atoms. The van der Waals surface area contributed by atoms with Crippen LogP contribution in [0.2, 0.25) is 0 Å². The van der Waals surface area contributed by atoms with Gasteiger partial charge in [0.2, 0.25) is 0 Å². The molecule has 0 amide bonds. The molecule has 1 aromatic rings. The van der Waals surface area contributed by atoms with Crippen molar-refractivity contribution in [2.45, 2.75) is 90.8 Å². The summed E-state index contributed by atoms with van der Waals surface area (Å²) >= 11 is 0. The van der Waals surface area contributed by atoms with Crippen molar-refractivity contribution in [3.63, 3.8) is 0 Å². The summed E-state index contributed by atoms with van der Waals surface area (Å²) in [5.41, 5.74) is 4.91. The standard InChI is InChI=1S/C31H44O3/c1-20(2)25-8-6-10-26(18-25)34-19-21(3)27-13-14-28-24(9-7-15-31(27,28)5)12-11-23-16-29(32)22(4)30(33)17-23/h6,8,10-12,18,20-21,27-30,32-33H,4,7,9,13-17,19H2,1-3,5H3/b24-12+/t21-,27?,28?,29+,30+,31?/m0/s1. The summed E-state index contributed by atoms with van der Waals surface area (Å²) in [7, 11) is 0. The monoisotopic (exact) mass is 464 g/mol. The SMILES string of the molecule is C=C1[C@H](O)CC(=C/C=C2\CCCC3(C)C2CCC3[C@@H](C)COc2cccc(C(C)C)c2)C[C@H]1O. The number of aliphatic hydroxyl groups excluding tert-OH is 2. The first-order chi connectivity index (χ1) is 16.2. The van der Waals surface area contributed by atoms with Crippen LogP contribution < -0.4 is 4.74 Å². The average molecular weight is 465 g/mol. The normalized spacial score (nSPS) is 33.8. The summed E-state index contributed by atoms with van der Waals surface area (Å²) in [6.07, 6.45) is 10.7. The molecular weight excluding hydrogens is 420 g/mol. The van der Waals surface area contributed by atoms with Crippen molar-refractivity contribution in [3.8, 4) is 5.75 Å². The van der Waals surface area contributed by atoms with Crippen LogP contribution in [0.15, 0.2) is 59.7 Å². The number of fused-ring (bicyclic) bond motifs is 1. The molecule has 3 heteroatoms. The zero-order valence-corrected chi connectivity index (χ0v) is 21.6. The van der Waals surface area contributed by atoms with E-state index in [9.17, 15) is 10.2 Å². The molecule has 4 rings (SSSR count). The Hall–Kier alpha value is -1.84. The smallest absolute Gasteiger partial charge is 0.119 e. The highest BCUT2D eigenvalue weighted by atomic mass is 16.5. The van der Waals surface area contributed by atoms with E-state index in [1.807, 2.05) is 0 Å². The van der Waals surface area contributed by atoms with Gasteiger partial charge in [0.15, 0.2) is 0 Å². The zero-order valence-electron chi connectivity index (χ0n) is 21.6. The van der Waals surface area contributed by atoms with E-state index in [0.29, 0.717) is 47.5 Å². The Morgan fingerprint density at radius 1 is 1.12 bits per heavy atom. The summed E-state index contributed by atoms with van der Waals surface area (Å²) in [5.74, 6) is 3.32. The number of aliphatic hydroxyl groups is 2. The first kappa shape index (κ1) is 25.3. The van der Waals surface area contributed by atoms with Gasteiger partial charge < -0.3 is 14.9 Å². The molecule has 3 unspecified atom stereocenters. The lowest BCUT2D eigenvalue weighted by atomic mass is 9.61. The Kier molecular flexibility index (Phi) is 7.74. The third kappa shape index (κ3) is 5.21. The van der Waals surface area contributed by atoms with Crippen LogP contribution in [0.3, 0.4) is 0 Å². The molecule has 1 aromatic carbocycles. The number of hydrogen-bond acceptors (Lipinski definition) is 3. The third-order valence-corrected chi connectivity index (χ3v) is 9.06. The number of rotatable bonds is 6. The van der Waals surface area contributed by atoms with Gasteiger partial charge in [-0.3, -0.25) is 0 Å². The van der Waals surface area contributed by atoms with Gasteiger partial charge in [-0.2, -0.15) is 0 Å². The van der Waals surface area contributed by atoms with E-state index in [2.05, 4.69) is 70.7 Å². The minimum Gasteiger partial charge on any atom is -0.493 e. The van der Waals surface area contributed by atoms with Gasteiger partial charge in [-0.15, -0.1) is 0 Å². The van der Waals surface area contributed by atoms with Crippen molar-refractivity contribution in [1.82, 2.24) is 0 Å². The van der Waals surface area contributed by atoms with Gasteiger partial charge in [0, 0.05) is 0 Å². The molecule has 2 N–H and O–H groups in total. The van der Waals surface area contributed by atoms with Crippen LogP contribution in [0.1, 0.15) is 84.1 Å². The number of ether oxygens (including phenoxy) is 1. The van der Waals surface area contributed by atoms with Gasteiger partial charge in [0.25, 0.3) is 0 Å². The van der Waals surface area contributed by atoms with Gasteiger partial charge in [-0.05, 0) is 97.3 Å². The Morgan fingerprint density at radius 2 is 1.85 bits per heavy atom. The second-order valence-corrected chi connectivity index (χ2v) is 11.7. The fourth-order valence-corrected chi connectivity index (χ4v) is 6.95. The number of allylic oxidation sites excluding steroid dienone is 3. The highest BCUT2D eigenvalue weighted by Gasteiger charge is 2.50. The van der Waals surface area contributed by atoms with Gasteiger partial charge >= 0.3 is 0 Å². The third-order valence-electron chi connectivity index (χ3n) is 9.06. The van der Waals surface area contributed by atoms with E-state index in [1.54, 1.807) is 5.57 Å². The molecule has 6 atom stereocenters. The molecule has 0 aliphatic heterocycles. The van der Waals surface area contributed by atoms with E-state index in [0.717, 1.165) is 17.9 Å². The Bertz CT molecular complexity index is 926. The van der Waals surface area contributed by atoms with Crippen molar-refractivity contribution < 1.29 is 14.9 Å². The van der Waals surface area contributed by atoms with E-state index >= 15 is 0 Å². The fourth-order valence-electron chi connectivity index (χ4n) is 6.95. The molecule has 3 fully saturated rings. The van der Waals surface area contributed by atoms with Crippen molar-refractivity contribution in [2.24, 2.45) is 23.2 Å². The molecule has 3 nitrogen and oxygen atoms in total. The Balaban J connectivity index is 1.42. The molecule has 3 saturated carbocycles. The van der Waals surface area contributed by atoms with E-state index in [4.69, 9.17) is 4.74 Å². The van der Waals surface area contributed by atoms with Crippen molar-refractivity contribution >= 4 is 0 Å². The van der Waals surface area contributed by atoms with Crippen LogP contribution in [0.25, 0.3) is 0 Å². The largest absolute Gasteiger partial charge is 0.493 e. The molecule has 0 heterocycles. The predicted molar refractivity (Wildman–Crippen MR) is 140 cm³/mol. The molecule has 186 valence electrons. The molecule has 0 spiro atoms. The Morgan fingerprint density at radius 3 is 2.56 bits per heavy atom. The molecule has 0 saturated heterocycles. The lowest BCUT2D eigenvalue weighted by Crippen LogP contribution is -2.37. The molecule has 3 aliphatic rings. The van der Waals surface area contributed by atoms with E-state index in [-0.39, 0.29) is 0 Å². The van der Waals surface area contributed by atoms with Gasteiger partial charge in [-0.25, -0.2) is 0 Å². The summed E-state index contributed by atoms with van der Waals surface area (Å²) in [4.78, 5) is 0. The first-order valence-electron chi connectivity index (χ1n) is 13.3. The van der Waals surface area contributed by atoms with Gasteiger partial charge in [-0.1, -0.05) is 69.7 Å². The lowest BCUT2D eigenvalue weighted by Gasteiger charge is -2.44. The van der Waals surface area contributed by atoms with Crippen LogP contribution in [0, 0.1) is 23.2 Å². The maximum atomic E-state index is 10.2. The lowest BCUT2D eigenvalue weighted by molar-refractivity contribution is 0.0746. The molecule has 0 radical (unpaired) electrons. The zero-order chi connectivity index (χ0) is 24.5. The predicted octanol–water partition coefficient (Wildman–Crippen LogP) is 6.97. The molecule has 0 aromatic heterocycles. The second kappa shape index (κ2) is 10.4. The highest BCUT2D eigenvalue weighted by molar-refractivity contribution is 5.31. The van der Waals surface area contributed by atoms with Crippen LogP contribution >= 0.6 is 0 Å². The van der Waals surface area contributed by atoms with Crippen molar-refractivity contribution in [3.05, 3.63) is 65.3 Å². The maximum absolute atomic E-state index is 10.2. The summed E-state index contributed by atoms with van der Waals surface area (Å²) < 4.78 is 6.30. The van der Waals surface area contributed by atoms with E-state index in [1.165, 1.54) is 37.7 Å². The summed E-state index contributed by atoms with van der Waals surface area (Å²) in [5, 5.41) is 20.4. The minimum absolute atomic E-state index is 0.324. The molecule has 3 aliphatic carbocycles. The summed E-state index contributed by atoms with van der Waals surface area (Å²) in [6, 6.07) is 8.57. The topological polar surface area (TPSA) is 49.7 Å². The van der Waals surface area contributed by atoms with Crippen molar-refractivity contribution in [2.75, 3.05) is 6.61 Å².